The maximum atomic E-state index is 12.5. The monoisotopic (exact) mass is 428 g/mol. The third-order valence-electron chi connectivity index (χ3n) is 5.73. The summed E-state index contributed by atoms with van der Waals surface area (Å²) in [6.45, 7) is 13.3. The third kappa shape index (κ3) is 7.39. The van der Waals surface area contributed by atoms with Gasteiger partial charge in [-0.1, -0.05) is 0 Å². The number of rotatable bonds is 4. The quantitative estimate of drug-likeness (QED) is 0.709. The molecule has 1 saturated carbocycles. The van der Waals surface area contributed by atoms with E-state index in [0.29, 0.717) is 19.3 Å². The van der Waals surface area contributed by atoms with E-state index in [1.165, 1.54) is 0 Å². The zero-order valence-electron chi connectivity index (χ0n) is 19.4. The molecule has 30 heavy (non-hydrogen) atoms. The molecule has 8 nitrogen and oxygen atoms in total. The number of nitrogens with zero attached hydrogens (tertiary/aromatic N) is 2. The molecule has 1 heterocycles. The van der Waals surface area contributed by atoms with Gasteiger partial charge in [0.05, 0.1) is 12.2 Å². The second-order valence-corrected chi connectivity index (χ2v) is 10.9. The van der Waals surface area contributed by atoms with E-state index < -0.39 is 35.6 Å². The highest BCUT2D eigenvalue weighted by atomic mass is 16.6. The lowest BCUT2D eigenvalue weighted by Gasteiger charge is -2.39. The van der Waals surface area contributed by atoms with Gasteiger partial charge in [-0.2, -0.15) is 0 Å². The normalized spacial score (nSPS) is 24.7. The van der Waals surface area contributed by atoms with E-state index in [2.05, 4.69) is 4.90 Å². The number of carbonyl (C=O) groups excluding carboxylic acids is 2. The Labute approximate surface area is 180 Å². The summed E-state index contributed by atoms with van der Waals surface area (Å²) >= 11 is 0. The topological polar surface area (TPSA) is 99.5 Å². The van der Waals surface area contributed by atoms with E-state index in [-0.39, 0.29) is 12.0 Å². The molecule has 2 N–H and O–H groups in total. The number of carbonyl (C=O) groups is 2. The fourth-order valence-electron chi connectivity index (χ4n) is 4.25. The van der Waals surface area contributed by atoms with Crippen molar-refractivity contribution in [2.24, 2.45) is 5.41 Å². The Morgan fingerprint density at radius 3 is 1.77 bits per heavy atom. The number of ether oxygens (including phenoxy) is 2. The first-order chi connectivity index (χ1) is 13.7. The highest BCUT2D eigenvalue weighted by Crippen LogP contribution is 2.46. The summed E-state index contributed by atoms with van der Waals surface area (Å²) < 4.78 is 10.8. The molecule has 0 aromatic carbocycles. The molecule has 1 aliphatic carbocycles. The molecule has 2 amide bonds. The first kappa shape index (κ1) is 24.9. The van der Waals surface area contributed by atoms with Gasteiger partial charge in [0, 0.05) is 6.54 Å². The fraction of sp³-hybridized carbons (Fsp3) is 0.909. The standard InChI is InChI=1S/C22H40N2O6/c1-20(2,3)29-18(27)24(19(28)30-21(4,5)6)11-7-10-23-12-8-22(9-13-23)14-16(25)17(26)15-22/h16-17,25-26H,7-15H2,1-6H3/t16-,17-/m1/s1. The van der Waals surface area contributed by atoms with Gasteiger partial charge in [-0.05, 0) is 98.7 Å². The van der Waals surface area contributed by atoms with Crippen LogP contribution in [0.2, 0.25) is 0 Å². The van der Waals surface area contributed by atoms with Crippen molar-refractivity contribution in [3.05, 3.63) is 0 Å². The molecule has 2 aliphatic rings. The molecule has 0 radical (unpaired) electrons. The zero-order valence-corrected chi connectivity index (χ0v) is 19.4. The van der Waals surface area contributed by atoms with E-state index >= 15 is 0 Å². The molecule has 2 rings (SSSR count). The molecule has 2 fully saturated rings. The lowest BCUT2D eigenvalue weighted by molar-refractivity contribution is 0.000542. The van der Waals surface area contributed by atoms with Crippen molar-refractivity contribution in [3.8, 4) is 0 Å². The van der Waals surface area contributed by atoms with Crippen LogP contribution in [0, 0.1) is 5.41 Å². The predicted molar refractivity (Wildman–Crippen MR) is 113 cm³/mol. The first-order valence-electron chi connectivity index (χ1n) is 11.0. The highest BCUT2D eigenvalue weighted by molar-refractivity contribution is 5.88. The highest BCUT2D eigenvalue weighted by Gasteiger charge is 2.45. The van der Waals surface area contributed by atoms with Gasteiger partial charge in [-0.3, -0.25) is 0 Å². The largest absolute Gasteiger partial charge is 0.443 e. The zero-order chi connectivity index (χ0) is 22.7. The lowest BCUT2D eigenvalue weighted by Crippen LogP contribution is -2.45. The molecule has 1 aliphatic heterocycles. The molecular formula is C22H40N2O6. The van der Waals surface area contributed by atoms with Gasteiger partial charge >= 0.3 is 12.2 Å². The summed E-state index contributed by atoms with van der Waals surface area (Å²) in [6.07, 6.45) is 1.27. The SMILES string of the molecule is CC(C)(C)OC(=O)N(CCCN1CCC2(CC1)C[C@@H](O)[C@H](O)C2)C(=O)OC(C)(C)C. The summed E-state index contributed by atoms with van der Waals surface area (Å²) in [5.74, 6) is 0. The maximum Gasteiger partial charge on any atom is 0.419 e. The Morgan fingerprint density at radius 1 is 0.933 bits per heavy atom. The smallest absolute Gasteiger partial charge is 0.419 e. The number of aliphatic hydroxyl groups excluding tert-OH is 2. The van der Waals surface area contributed by atoms with Crippen LogP contribution < -0.4 is 0 Å². The van der Waals surface area contributed by atoms with Crippen LogP contribution in [-0.2, 0) is 9.47 Å². The summed E-state index contributed by atoms with van der Waals surface area (Å²) in [7, 11) is 0. The average molecular weight is 429 g/mol. The summed E-state index contributed by atoms with van der Waals surface area (Å²) in [6, 6.07) is 0. The van der Waals surface area contributed by atoms with E-state index in [1.807, 2.05) is 0 Å². The molecule has 0 unspecified atom stereocenters. The molecule has 2 atom stereocenters. The number of aliphatic hydroxyl groups is 2. The molecule has 1 spiro atoms. The second kappa shape index (κ2) is 9.40. The van der Waals surface area contributed by atoms with Crippen LogP contribution in [0.4, 0.5) is 9.59 Å². The minimum absolute atomic E-state index is 0.0500. The van der Waals surface area contributed by atoms with Crippen molar-refractivity contribution in [3.63, 3.8) is 0 Å². The van der Waals surface area contributed by atoms with Crippen molar-refractivity contribution >= 4 is 12.2 Å². The minimum Gasteiger partial charge on any atom is -0.443 e. The maximum absolute atomic E-state index is 12.5. The fourth-order valence-corrected chi connectivity index (χ4v) is 4.25. The van der Waals surface area contributed by atoms with E-state index in [0.717, 1.165) is 37.4 Å². The molecule has 0 aromatic rings. The van der Waals surface area contributed by atoms with Crippen molar-refractivity contribution < 1.29 is 29.3 Å². The molecule has 0 bridgehead atoms. The third-order valence-corrected chi connectivity index (χ3v) is 5.73. The Hall–Kier alpha value is -1.38. The summed E-state index contributed by atoms with van der Waals surface area (Å²) in [4.78, 5) is 28.4. The predicted octanol–water partition coefficient (Wildman–Crippen LogP) is 3.15. The van der Waals surface area contributed by atoms with E-state index in [4.69, 9.17) is 9.47 Å². The summed E-state index contributed by atoms with van der Waals surface area (Å²) in [5, 5.41) is 19.8. The van der Waals surface area contributed by atoms with Crippen LogP contribution in [0.15, 0.2) is 0 Å². The Balaban J connectivity index is 1.86. The van der Waals surface area contributed by atoms with Gasteiger partial charge in [0.1, 0.15) is 11.2 Å². The van der Waals surface area contributed by atoms with Crippen LogP contribution in [0.3, 0.4) is 0 Å². The van der Waals surface area contributed by atoms with E-state index in [1.54, 1.807) is 41.5 Å². The second-order valence-electron chi connectivity index (χ2n) is 10.9. The van der Waals surface area contributed by atoms with E-state index in [9.17, 15) is 19.8 Å². The van der Waals surface area contributed by atoms with Gasteiger partial charge < -0.3 is 24.6 Å². The van der Waals surface area contributed by atoms with Gasteiger partial charge in [-0.15, -0.1) is 0 Å². The Kier molecular flexibility index (Phi) is 7.80. The van der Waals surface area contributed by atoms with Crippen LogP contribution in [0.5, 0.6) is 0 Å². The molecule has 0 aromatic heterocycles. The number of hydrogen-bond acceptors (Lipinski definition) is 7. The molecule has 8 heteroatoms. The molecule has 1 saturated heterocycles. The van der Waals surface area contributed by atoms with Crippen LogP contribution in [0.25, 0.3) is 0 Å². The van der Waals surface area contributed by atoms with Crippen LogP contribution >= 0.6 is 0 Å². The van der Waals surface area contributed by atoms with Gasteiger partial charge in [0.15, 0.2) is 0 Å². The first-order valence-corrected chi connectivity index (χ1v) is 11.0. The Bertz CT molecular complexity index is 562. The Morgan fingerprint density at radius 2 is 1.37 bits per heavy atom. The molecule has 174 valence electrons. The van der Waals surface area contributed by atoms with Crippen molar-refractivity contribution in [2.75, 3.05) is 26.2 Å². The number of piperidine rings is 1. The molecular weight excluding hydrogens is 388 g/mol. The number of imide groups is 1. The van der Waals surface area contributed by atoms with Gasteiger partial charge in [0.2, 0.25) is 0 Å². The van der Waals surface area contributed by atoms with Gasteiger partial charge in [0.25, 0.3) is 0 Å². The lowest BCUT2D eigenvalue weighted by atomic mass is 9.77. The number of amides is 2. The van der Waals surface area contributed by atoms with Crippen LogP contribution in [-0.4, -0.2) is 81.8 Å². The van der Waals surface area contributed by atoms with Gasteiger partial charge in [-0.25, -0.2) is 14.5 Å². The summed E-state index contributed by atoms with van der Waals surface area (Å²) in [5.41, 5.74) is -1.35. The number of hydrogen-bond donors (Lipinski definition) is 2. The van der Waals surface area contributed by atoms with Crippen molar-refractivity contribution in [2.45, 2.75) is 97.1 Å². The van der Waals surface area contributed by atoms with Crippen LogP contribution in [0.1, 0.15) is 73.6 Å². The van der Waals surface area contributed by atoms with Crippen molar-refractivity contribution in [1.82, 2.24) is 9.80 Å². The van der Waals surface area contributed by atoms with Crippen molar-refractivity contribution in [1.29, 1.82) is 0 Å². The minimum atomic E-state index is -0.699. The average Bonchev–Trinajstić information content (AvgIpc) is 2.83. The number of likely N-dealkylation sites (tertiary alicyclic amines) is 1.